The van der Waals surface area contributed by atoms with Crippen LogP contribution in [-0.2, 0) is 4.79 Å². The molecule has 0 aliphatic carbocycles. The van der Waals surface area contributed by atoms with Crippen LogP contribution in [0.3, 0.4) is 0 Å². The molecule has 3 aromatic heterocycles. The molecule has 4 aromatic rings. The lowest BCUT2D eigenvalue weighted by molar-refractivity contribution is -0.129. The van der Waals surface area contributed by atoms with Gasteiger partial charge in [0.05, 0.1) is 28.2 Å². The van der Waals surface area contributed by atoms with Crippen LogP contribution in [0.15, 0.2) is 56.3 Å². The van der Waals surface area contributed by atoms with E-state index in [1.54, 1.807) is 16.2 Å². The number of thioether (sulfide) groups is 1. The maximum absolute atomic E-state index is 13.8. The molecule has 1 fully saturated rings. The summed E-state index contributed by atoms with van der Waals surface area (Å²) in [6.45, 7) is 3.11. The second-order valence-corrected chi connectivity index (χ2v) is 10.1. The van der Waals surface area contributed by atoms with Crippen LogP contribution in [-0.4, -0.2) is 49.8 Å². The van der Waals surface area contributed by atoms with Gasteiger partial charge in [-0.25, -0.2) is 14.2 Å². The van der Waals surface area contributed by atoms with Gasteiger partial charge < -0.3 is 9.42 Å². The third-order valence-corrected chi connectivity index (χ3v) is 7.94. The van der Waals surface area contributed by atoms with Gasteiger partial charge in [0.1, 0.15) is 16.5 Å². The predicted molar refractivity (Wildman–Crippen MR) is 132 cm³/mol. The number of rotatable bonds is 6. The number of amides is 1. The van der Waals surface area contributed by atoms with Crippen molar-refractivity contribution >= 4 is 29.0 Å². The van der Waals surface area contributed by atoms with E-state index < -0.39 is 11.5 Å². The van der Waals surface area contributed by atoms with Crippen molar-refractivity contribution in [2.24, 2.45) is 0 Å². The standard InChI is InChI=1S/C24H22FN5O3S2/c1-14-20(21(29-33-14)15-5-3-2-4-6-15)18-12-34-22(27-18)16-7-9-30(10-8-16)19(31)13-35-23-17(25)11-26-24(32)28-23/h2-6,11-12,16H,7-10,13H2,1H3,(H,26,28,32). The van der Waals surface area contributed by atoms with E-state index in [1.165, 1.54) is 0 Å². The van der Waals surface area contributed by atoms with E-state index in [1.807, 2.05) is 42.6 Å². The van der Waals surface area contributed by atoms with Crippen molar-refractivity contribution in [2.75, 3.05) is 18.8 Å². The Bertz CT molecular complexity index is 1390. The minimum absolute atomic E-state index is 0.0300. The Morgan fingerprint density at radius 2 is 2.06 bits per heavy atom. The van der Waals surface area contributed by atoms with Gasteiger partial charge >= 0.3 is 5.69 Å². The molecule has 180 valence electrons. The highest BCUT2D eigenvalue weighted by Gasteiger charge is 2.27. The Hall–Kier alpha value is -3.31. The lowest BCUT2D eigenvalue weighted by Gasteiger charge is -2.31. The Kier molecular flexibility index (Phi) is 6.78. The maximum atomic E-state index is 13.8. The van der Waals surface area contributed by atoms with Gasteiger partial charge in [0.2, 0.25) is 5.91 Å². The van der Waals surface area contributed by atoms with E-state index in [0.717, 1.165) is 64.1 Å². The number of carbonyl (C=O) groups is 1. The molecule has 11 heteroatoms. The average molecular weight is 512 g/mol. The Morgan fingerprint density at radius 3 is 2.83 bits per heavy atom. The Labute approximate surface area is 208 Å². The van der Waals surface area contributed by atoms with Crippen molar-refractivity contribution in [3.63, 3.8) is 0 Å². The van der Waals surface area contributed by atoms with Crippen LogP contribution in [0.25, 0.3) is 22.5 Å². The molecule has 0 bridgehead atoms. The minimum Gasteiger partial charge on any atom is -0.360 e. The second kappa shape index (κ2) is 10.1. The number of thiazole rings is 1. The fourth-order valence-electron chi connectivity index (χ4n) is 4.13. The Morgan fingerprint density at radius 1 is 1.29 bits per heavy atom. The zero-order valence-electron chi connectivity index (χ0n) is 18.9. The first kappa shape index (κ1) is 23.4. The summed E-state index contributed by atoms with van der Waals surface area (Å²) in [6, 6.07) is 9.90. The predicted octanol–water partition coefficient (Wildman–Crippen LogP) is 4.49. The van der Waals surface area contributed by atoms with Crippen molar-refractivity contribution in [3.8, 4) is 22.5 Å². The van der Waals surface area contributed by atoms with Crippen LogP contribution >= 0.6 is 23.1 Å². The molecule has 1 aliphatic heterocycles. The molecule has 1 saturated heterocycles. The summed E-state index contributed by atoms with van der Waals surface area (Å²) in [4.78, 5) is 36.3. The number of hydrogen-bond acceptors (Lipinski definition) is 8. The van der Waals surface area contributed by atoms with E-state index >= 15 is 0 Å². The van der Waals surface area contributed by atoms with Crippen LogP contribution in [0, 0.1) is 12.7 Å². The number of halogens is 1. The van der Waals surface area contributed by atoms with Gasteiger partial charge in [-0.15, -0.1) is 11.3 Å². The molecular weight excluding hydrogens is 489 g/mol. The van der Waals surface area contributed by atoms with Crippen LogP contribution in [0.4, 0.5) is 4.39 Å². The van der Waals surface area contributed by atoms with Crippen LogP contribution in [0.2, 0.25) is 0 Å². The van der Waals surface area contributed by atoms with E-state index in [9.17, 15) is 14.0 Å². The first-order chi connectivity index (χ1) is 17.0. The molecular formula is C24H22FN5O3S2. The number of hydrogen-bond donors (Lipinski definition) is 1. The molecule has 0 radical (unpaired) electrons. The lowest BCUT2D eigenvalue weighted by atomic mass is 9.97. The number of nitrogens with one attached hydrogen (secondary N) is 1. The number of H-pyrrole nitrogens is 1. The molecule has 0 unspecified atom stereocenters. The number of aromatic amines is 1. The second-order valence-electron chi connectivity index (χ2n) is 8.21. The molecule has 0 saturated carbocycles. The molecule has 0 spiro atoms. The first-order valence-electron chi connectivity index (χ1n) is 11.1. The topological polar surface area (TPSA) is 105 Å². The largest absolute Gasteiger partial charge is 0.360 e. The minimum atomic E-state index is -0.640. The van der Waals surface area contributed by atoms with Crippen LogP contribution in [0.1, 0.15) is 29.5 Å². The summed E-state index contributed by atoms with van der Waals surface area (Å²) in [5.74, 6) is 0.320. The van der Waals surface area contributed by atoms with Gasteiger partial charge in [0.25, 0.3) is 0 Å². The van der Waals surface area contributed by atoms with Gasteiger partial charge in [-0.2, -0.15) is 4.98 Å². The summed E-state index contributed by atoms with van der Waals surface area (Å²) in [5, 5.41) is 7.37. The lowest BCUT2D eigenvalue weighted by Crippen LogP contribution is -2.39. The summed E-state index contributed by atoms with van der Waals surface area (Å²) in [7, 11) is 0. The third-order valence-electron chi connectivity index (χ3n) is 5.96. The van der Waals surface area contributed by atoms with Gasteiger partial charge in [-0.05, 0) is 19.8 Å². The molecule has 5 rings (SSSR count). The van der Waals surface area contributed by atoms with Crippen molar-refractivity contribution in [1.82, 2.24) is 25.0 Å². The summed E-state index contributed by atoms with van der Waals surface area (Å²) >= 11 is 2.59. The number of carbonyl (C=O) groups excluding carboxylic acids is 1. The zero-order chi connectivity index (χ0) is 24.4. The monoisotopic (exact) mass is 511 g/mol. The fraction of sp³-hybridized carbons (Fsp3) is 0.292. The van der Waals surface area contributed by atoms with E-state index in [0.29, 0.717) is 13.1 Å². The highest BCUT2D eigenvalue weighted by molar-refractivity contribution is 7.99. The van der Waals surface area contributed by atoms with Gasteiger partial charge in [-0.3, -0.25) is 9.78 Å². The number of benzene rings is 1. The Balaban J connectivity index is 1.22. The van der Waals surface area contributed by atoms with Gasteiger partial charge in [0.15, 0.2) is 5.82 Å². The highest BCUT2D eigenvalue weighted by atomic mass is 32.2. The summed E-state index contributed by atoms with van der Waals surface area (Å²) in [5.41, 5.74) is 2.89. The zero-order valence-corrected chi connectivity index (χ0v) is 20.5. The normalized spacial score (nSPS) is 14.4. The smallest absolute Gasteiger partial charge is 0.345 e. The molecule has 1 N–H and O–H groups in total. The van der Waals surface area contributed by atoms with Crippen LogP contribution < -0.4 is 5.69 Å². The molecule has 8 nitrogen and oxygen atoms in total. The van der Waals surface area contributed by atoms with Gasteiger partial charge in [0, 0.05) is 30.0 Å². The van der Waals surface area contributed by atoms with E-state index in [4.69, 9.17) is 9.51 Å². The number of nitrogens with zero attached hydrogens (tertiary/aromatic N) is 4. The molecule has 35 heavy (non-hydrogen) atoms. The van der Waals surface area contributed by atoms with E-state index in [2.05, 4.69) is 15.1 Å². The summed E-state index contributed by atoms with van der Waals surface area (Å²) in [6.07, 6.45) is 2.47. The van der Waals surface area contributed by atoms with Gasteiger partial charge in [-0.1, -0.05) is 47.3 Å². The first-order valence-corrected chi connectivity index (χ1v) is 13.0. The van der Waals surface area contributed by atoms with Crippen molar-refractivity contribution in [2.45, 2.75) is 30.7 Å². The molecule has 0 atom stereocenters. The molecule has 1 aliphatic rings. The van der Waals surface area contributed by atoms with Crippen molar-refractivity contribution in [1.29, 1.82) is 0 Å². The molecule has 4 heterocycles. The molecule has 1 aromatic carbocycles. The van der Waals surface area contributed by atoms with E-state index in [-0.39, 0.29) is 22.6 Å². The number of aromatic nitrogens is 4. The summed E-state index contributed by atoms with van der Waals surface area (Å²) < 4.78 is 19.2. The third kappa shape index (κ3) is 5.06. The maximum Gasteiger partial charge on any atom is 0.345 e. The number of piperidine rings is 1. The average Bonchev–Trinajstić information content (AvgIpc) is 3.51. The van der Waals surface area contributed by atoms with Crippen molar-refractivity contribution < 1.29 is 13.7 Å². The fourth-order valence-corrected chi connectivity index (χ4v) is 5.91. The highest BCUT2D eigenvalue weighted by Crippen LogP contribution is 2.38. The number of aryl methyl sites for hydroxylation is 1. The number of likely N-dealkylation sites (tertiary alicyclic amines) is 1. The quantitative estimate of drug-likeness (QED) is 0.300. The SMILES string of the molecule is Cc1onc(-c2ccccc2)c1-c1csc(C2CCN(C(=O)CSc3[nH]c(=O)ncc3F)CC2)n1. The molecule has 1 amide bonds. The van der Waals surface area contributed by atoms with Crippen molar-refractivity contribution in [3.05, 3.63) is 69.0 Å². The van der Waals surface area contributed by atoms with Crippen LogP contribution in [0.5, 0.6) is 0 Å².